The zero-order valence-corrected chi connectivity index (χ0v) is 13.0. The van der Waals surface area contributed by atoms with Crippen molar-refractivity contribution in [2.45, 2.75) is 0 Å². The molecule has 6 heteroatoms. The maximum absolute atomic E-state index is 5.95. The highest BCUT2D eigenvalue weighted by Gasteiger charge is 2.22. The second-order valence-electron chi connectivity index (χ2n) is 4.07. The van der Waals surface area contributed by atoms with E-state index in [1.807, 2.05) is 35.7 Å². The molecule has 0 fully saturated rings. The van der Waals surface area contributed by atoms with Crippen LogP contribution in [0.4, 0.5) is 5.88 Å². The van der Waals surface area contributed by atoms with Gasteiger partial charge in [0.25, 0.3) is 0 Å². The zero-order chi connectivity index (χ0) is 14.1. The normalized spacial score (nSPS) is 10.7. The highest BCUT2D eigenvalue weighted by molar-refractivity contribution is 9.10. The van der Waals surface area contributed by atoms with Crippen molar-refractivity contribution in [2.24, 2.45) is 0 Å². The third-order valence-electron chi connectivity index (χ3n) is 2.93. The summed E-state index contributed by atoms with van der Waals surface area (Å²) in [5.74, 6) is 1.05. The van der Waals surface area contributed by atoms with Crippen LogP contribution in [-0.4, -0.2) is 12.3 Å². The molecule has 0 saturated heterocycles. The summed E-state index contributed by atoms with van der Waals surface area (Å²) in [4.78, 5) is 0.902. The lowest BCUT2D eigenvalue weighted by molar-refractivity contribution is 0.416. The summed E-state index contributed by atoms with van der Waals surface area (Å²) in [6.45, 7) is 0. The van der Waals surface area contributed by atoms with Crippen molar-refractivity contribution >= 4 is 33.2 Å². The minimum atomic E-state index is 0.294. The summed E-state index contributed by atoms with van der Waals surface area (Å²) < 4.78 is 11.5. The van der Waals surface area contributed by atoms with Gasteiger partial charge in [0.15, 0.2) is 0 Å². The van der Waals surface area contributed by atoms with Gasteiger partial charge in [0, 0.05) is 10.0 Å². The first kappa shape index (κ1) is 13.2. The van der Waals surface area contributed by atoms with Crippen molar-refractivity contribution in [2.75, 3.05) is 12.8 Å². The van der Waals surface area contributed by atoms with Crippen molar-refractivity contribution in [3.8, 4) is 27.4 Å². The highest BCUT2D eigenvalue weighted by Crippen LogP contribution is 2.44. The maximum atomic E-state index is 5.95. The van der Waals surface area contributed by atoms with E-state index in [0.29, 0.717) is 11.6 Å². The van der Waals surface area contributed by atoms with Gasteiger partial charge in [0.05, 0.1) is 17.6 Å². The van der Waals surface area contributed by atoms with Crippen LogP contribution in [0.15, 0.2) is 44.7 Å². The number of hydrogen-bond donors (Lipinski definition) is 1. The number of aromatic nitrogens is 1. The predicted octanol–water partition coefficient (Wildman–Crippen LogP) is 4.42. The largest absolute Gasteiger partial charge is 0.495 e. The lowest BCUT2D eigenvalue weighted by Gasteiger charge is -2.05. The van der Waals surface area contributed by atoms with E-state index in [9.17, 15) is 0 Å². The molecule has 20 heavy (non-hydrogen) atoms. The third kappa shape index (κ3) is 2.10. The summed E-state index contributed by atoms with van der Waals surface area (Å²) in [7, 11) is 1.63. The fraction of sp³-hybridized carbons (Fsp3) is 0.0714. The van der Waals surface area contributed by atoms with Crippen molar-refractivity contribution < 1.29 is 9.26 Å². The molecule has 1 aromatic carbocycles. The number of ether oxygens (including phenoxy) is 1. The number of benzene rings is 1. The maximum Gasteiger partial charge on any atom is 0.230 e. The average molecular weight is 351 g/mol. The number of methoxy groups -OCH3 is 1. The zero-order valence-electron chi connectivity index (χ0n) is 10.6. The van der Waals surface area contributed by atoms with Crippen LogP contribution in [0.1, 0.15) is 0 Å². The molecule has 0 saturated carbocycles. The summed E-state index contributed by atoms with van der Waals surface area (Å²) in [5, 5.41) is 6.04. The van der Waals surface area contributed by atoms with Crippen molar-refractivity contribution in [3.05, 3.63) is 40.2 Å². The van der Waals surface area contributed by atoms with E-state index in [1.54, 1.807) is 7.11 Å². The Kier molecular flexibility index (Phi) is 3.50. The molecule has 2 aromatic heterocycles. The Morgan fingerprint density at radius 1 is 1.30 bits per heavy atom. The second kappa shape index (κ2) is 5.30. The Labute approximate surface area is 128 Å². The Hall–Kier alpha value is -1.79. The van der Waals surface area contributed by atoms with Gasteiger partial charge in [-0.1, -0.05) is 39.3 Å². The molecule has 0 radical (unpaired) electrons. The number of anilines is 1. The molecular weight excluding hydrogens is 340 g/mol. The Morgan fingerprint density at radius 3 is 2.85 bits per heavy atom. The predicted molar refractivity (Wildman–Crippen MR) is 83.9 cm³/mol. The summed E-state index contributed by atoms with van der Waals surface area (Å²) in [6, 6.07) is 9.72. The Bertz CT molecular complexity index is 751. The van der Waals surface area contributed by atoms with E-state index in [4.69, 9.17) is 15.0 Å². The SMILES string of the molecule is COc1ccsc1-c1noc(N)c1-c1ccccc1Br. The van der Waals surface area contributed by atoms with E-state index in [2.05, 4.69) is 21.1 Å². The van der Waals surface area contributed by atoms with Crippen molar-refractivity contribution in [1.82, 2.24) is 5.16 Å². The van der Waals surface area contributed by atoms with E-state index < -0.39 is 0 Å². The minimum absolute atomic E-state index is 0.294. The second-order valence-corrected chi connectivity index (χ2v) is 5.84. The number of nitrogens with zero attached hydrogens (tertiary/aromatic N) is 1. The highest BCUT2D eigenvalue weighted by atomic mass is 79.9. The van der Waals surface area contributed by atoms with Crippen LogP contribution >= 0.6 is 27.3 Å². The number of halogens is 1. The van der Waals surface area contributed by atoms with Gasteiger partial charge in [-0.3, -0.25) is 0 Å². The smallest absolute Gasteiger partial charge is 0.230 e. The van der Waals surface area contributed by atoms with Crippen LogP contribution in [-0.2, 0) is 0 Å². The van der Waals surface area contributed by atoms with Gasteiger partial charge in [-0.25, -0.2) is 0 Å². The van der Waals surface area contributed by atoms with Gasteiger partial charge in [0.1, 0.15) is 11.4 Å². The van der Waals surface area contributed by atoms with Gasteiger partial charge in [-0.15, -0.1) is 11.3 Å². The summed E-state index contributed by atoms with van der Waals surface area (Å²) in [6.07, 6.45) is 0. The fourth-order valence-corrected chi connectivity index (χ4v) is 3.34. The van der Waals surface area contributed by atoms with Crippen LogP contribution in [0, 0.1) is 0 Å². The molecule has 0 aliphatic rings. The van der Waals surface area contributed by atoms with E-state index in [0.717, 1.165) is 26.2 Å². The fourth-order valence-electron chi connectivity index (χ4n) is 2.01. The number of nitrogens with two attached hydrogens (primary N) is 1. The number of nitrogen functional groups attached to an aromatic ring is 1. The first-order valence-electron chi connectivity index (χ1n) is 5.84. The van der Waals surface area contributed by atoms with Crippen LogP contribution < -0.4 is 10.5 Å². The molecule has 0 unspecified atom stereocenters. The molecule has 4 nitrogen and oxygen atoms in total. The van der Waals surface area contributed by atoms with Gasteiger partial charge in [-0.2, -0.15) is 0 Å². The molecule has 0 bridgehead atoms. The van der Waals surface area contributed by atoms with Crippen molar-refractivity contribution in [3.63, 3.8) is 0 Å². The lowest BCUT2D eigenvalue weighted by atomic mass is 10.0. The number of thiophene rings is 1. The Morgan fingerprint density at radius 2 is 2.10 bits per heavy atom. The van der Waals surface area contributed by atoms with Gasteiger partial charge in [0.2, 0.25) is 5.88 Å². The molecule has 3 rings (SSSR count). The monoisotopic (exact) mass is 350 g/mol. The molecule has 0 amide bonds. The standard InChI is InChI=1S/C14H11BrN2O2S/c1-18-10-6-7-20-13(10)12-11(14(16)19-17-12)8-4-2-3-5-9(8)15/h2-7H,16H2,1H3. The topological polar surface area (TPSA) is 61.3 Å². The summed E-state index contributed by atoms with van der Waals surface area (Å²) in [5.41, 5.74) is 8.37. The molecule has 0 atom stereocenters. The third-order valence-corrected chi connectivity index (χ3v) is 4.52. The van der Waals surface area contributed by atoms with Gasteiger partial charge >= 0.3 is 0 Å². The molecular formula is C14H11BrN2O2S. The van der Waals surface area contributed by atoms with Crippen LogP contribution in [0.2, 0.25) is 0 Å². The first-order valence-corrected chi connectivity index (χ1v) is 7.51. The van der Waals surface area contributed by atoms with E-state index in [-0.39, 0.29) is 0 Å². The van der Waals surface area contributed by atoms with Crippen LogP contribution in [0.3, 0.4) is 0 Å². The molecule has 102 valence electrons. The Balaban J connectivity index is 2.23. The van der Waals surface area contributed by atoms with Crippen molar-refractivity contribution in [1.29, 1.82) is 0 Å². The molecule has 2 N–H and O–H groups in total. The van der Waals surface area contributed by atoms with Gasteiger partial charge < -0.3 is 15.0 Å². The molecule has 0 aliphatic heterocycles. The van der Waals surface area contributed by atoms with E-state index >= 15 is 0 Å². The quantitative estimate of drug-likeness (QED) is 0.759. The van der Waals surface area contributed by atoms with Gasteiger partial charge in [-0.05, 0) is 17.5 Å². The molecule has 2 heterocycles. The first-order chi connectivity index (χ1) is 9.72. The van der Waals surface area contributed by atoms with Crippen LogP contribution in [0.25, 0.3) is 21.7 Å². The van der Waals surface area contributed by atoms with Crippen LogP contribution in [0.5, 0.6) is 5.75 Å². The molecule has 0 aliphatic carbocycles. The molecule has 0 spiro atoms. The minimum Gasteiger partial charge on any atom is -0.495 e. The average Bonchev–Trinajstić information content (AvgIpc) is 3.05. The number of rotatable bonds is 3. The lowest BCUT2D eigenvalue weighted by Crippen LogP contribution is -1.89. The van der Waals surface area contributed by atoms with E-state index in [1.165, 1.54) is 11.3 Å². The summed E-state index contributed by atoms with van der Waals surface area (Å²) >= 11 is 5.07. The molecule has 3 aromatic rings. The number of hydrogen-bond acceptors (Lipinski definition) is 5.